The molecule has 0 saturated carbocycles. The van der Waals surface area contributed by atoms with E-state index in [1.807, 2.05) is 6.20 Å². The topological polar surface area (TPSA) is 77.6 Å². The predicted molar refractivity (Wildman–Crippen MR) is 102 cm³/mol. The van der Waals surface area contributed by atoms with Crippen LogP contribution in [0.15, 0.2) is 30.9 Å². The lowest BCUT2D eigenvalue weighted by molar-refractivity contribution is -0.117. The Morgan fingerprint density at radius 2 is 2.12 bits per heavy atom. The van der Waals surface area contributed by atoms with Crippen molar-refractivity contribution in [2.24, 2.45) is 11.8 Å². The molecule has 0 aliphatic carbocycles. The molecule has 7 heteroatoms. The van der Waals surface area contributed by atoms with Crippen LogP contribution in [-0.2, 0) is 17.9 Å². The van der Waals surface area contributed by atoms with Gasteiger partial charge in [-0.2, -0.15) is 10.1 Å². The maximum Gasteiger partial charge on any atom is 0.229 e. The summed E-state index contributed by atoms with van der Waals surface area (Å²) >= 11 is 0. The number of anilines is 2. The monoisotopic (exact) mass is 354 g/mol. The first kappa shape index (κ1) is 18.1. The molecule has 0 unspecified atom stereocenters. The Morgan fingerprint density at radius 3 is 2.81 bits per heavy atom. The highest BCUT2D eigenvalue weighted by Gasteiger charge is 2.14. The standard InChI is InChI=1S/C19H26N6O/c1-5-15(13(2)3)11-24-7-6-16-8-20-19(23-18(16)24)22-17-9-21-25(12-17)10-14(4)26/h6-9,12-13,15H,5,10-11H2,1-4H3,(H,20,22,23)/t15-/m1/s1. The Hall–Kier alpha value is -2.70. The van der Waals surface area contributed by atoms with Gasteiger partial charge in [-0.1, -0.05) is 27.2 Å². The molecule has 7 nitrogen and oxygen atoms in total. The highest BCUT2D eigenvalue weighted by molar-refractivity contribution is 5.77. The van der Waals surface area contributed by atoms with Crippen LogP contribution in [0.1, 0.15) is 34.1 Å². The predicted octanol–water partition coefficient (Wildman–Crippen LogP) is 3.64. The van der Waals surface area contributed by atoms with E-state index in [2.05, 4.69) is 58.0 Å². The summed E-state index contributed by atoms with van der Waals surface area (Å²) in [7, 11) is 0. The van der Waals surface area contributed by atoms with Crippen LogP contribution >= 0.6 is 0 Å². The number of fused-ring (bicyclic) bond motifs is 1. The van der Waals surface area contributed by atoms with Crippen molar-refractivity contribution in [1.82, 2.24) is 24.3 Å². The highest BCUT2D eigenvalue weighted by Crippen LogP contribution is 2.22. The molecule has 3 aromatic heterocycles. The number of nitrogens with one attached hydrogen (secondary N) is 1. The van der Waals surface area contributed by atoms with Crippen molar-refractivity contribution in [2.45, 2.75) is 47.2 Å². The van der Waals surface area contributed by atoms with Crippen LogP contribution in [0.25, 0.3) is 11.0 Å². The Balaban J connectivity index is 1.80. The lowest BCUT2D eigenvalue weighted by atomic mass is 9.93. The van der Waals surface area contributed by atoms with Gasteiger partial charge in [0, 0.05) is 30.5 Å². The van der Waals surface area contributed by atoms with Crippen molar-refractivity contribution in [2.75, 3.05) is 5.32 Å². The van der Waals surface area contributed by atoms with Gasteiger partial charge in [0.25, 0.3) is 0 Å². The second-order valence-electron chi connectivity index (χ2n) is 7.11. The van der Waals surface area contributed by atoms with Crippen molar-refractivity contribution in [3.8, 4) is 0 Å². The summed E-state index contributed by atoms with van der Waals surface area (Å²) in [6.07, 6.45) is 8.50. The Morgan fingerprint density at radius 1 is 1.31 bits per heavy atom. The van der Waals surface area contributed by atoms with E-state index in [0.717, 1.165) is 29.7 Å². The van der Waals surface area contributed by atoms with Crippen LogP contribution in [0.3, 0.4) is 0 Å². The molecule has 0 radical (unpaired) electrons. The largest absolute Gasteiger partial charge is 0.332 e. The fraction of sp³-hybridized carbons (Fsp3) is 0.474. The molecule has 0 amide bonds. The van der Waals surface area contributed by atoms with Crippen LogP contribution in [0.5, 0.6) is 0 Å². The summed E-state index contributed by atoms with van der Waals surface area (Å²) in [6, 6.07) is 2.05. The minimum absolute atomic E-state index is 0.0609. The van der Waals surface area contributed by atoms with Gasteiger partial charge in [-0.15, -0.1) is 0 Å². The molecule has 0 fully saturated rings. The SMILES string of the molecule is CC[C@H](Cn1ccc2cnc(Nc3cnn(CC(C)=O)c3)nc21)C(C)C. The van der Waals surface area contributed by atoms with E-state index in [4.69, 9.17) is 0 Å². The zero-order valence-corrected chi connectivity index (χ0v) is 15.8. The van der Waals surface area contributed by atoms with Crippen molar-refractivity contribution < 1.29 is 4.79 Å². The molecule has 0 spiro atoms. The number of nitrogens with zero attached hydrogens (tertiary/aromatic N) is 5. The molecule has 0 aromatic carbocycles. The molecule has 3 aromatic rings. The summed E-state index contributed by atoms with van der Waals surface area (Å²) in [5, 5.41) is 8.36. The zero-order chi connectivity index (χ0) is 18.7. The second-order valence-corrected chi connectivity index (χ2v) is 7.11. The summed E-state index contributed by atoms with van der Waals surface area (Å²) < 4.78 is 3.80. The lowest BCUT2D eigenvalue weighted by Gasteiger charge is -2.20. The van der Waals surface area contributed by atoms with Gasteiger partial charge in [-0.3, -0.25) is 9.48 Å². The molecule has 0 bridgehead atoms. The average Bonchev–Trinajstić information content (AvgIpc) is 3.18. The first-order chi connectivity index (χ1) is 12.5. The van der Waals surface area contributed by atoms with Gasteiger partial charge < -0.3 is 9.88 Å². The summed E-state index contributed by atoms with van der Waals surface area (Å²) in [4.78, 5) is 20.3. The van der Waals surface area contributed by atoms with Crippen molar-refractivity contribution in [1.29, 1.82) is 0 Å². The minimum atomic E-state index is 0.0609. The van der Waals surface area contributed by atoms with E-state index in [1.165, 1.54) is 0 Å². The maximum absolute atomic E-state index is 11.2. The summed E-state index contributed by atoms with van der Waals surface area (Å²) in [5.41, 5.74) is 1.69. The van der Waals surface area contributed by atoms with Crippen LogP contribution in [0.4, 0.5) is 11.6 Å². The third kappa shape index (κ3) is 4.09. The van der Waals surface area contributed by atoms with Gasteiger partial charge in [-0.05, 0) is 24.8 Å². The van der Waals surface area contributed by atoms with Gasteiger partial charge in [0.1, 0.15) is 5.65 Å². The summed E-state index contributed by atoms with van der Waals surface area (Å²) in [6.45, 7) is 9.52. The normalized spacial score (nSPS) is 12.7. The third-order valence-corrected chi connectivity index (χ3v) is 4.67. The second kappa shape index (κ2) is 7.68. The van der Waals surface area contributed by atoms with E-state index in [9.17, 15) is 4.79 Å². The van der Waals surface area contributed by atoms with E-state index in [1.54, 1.807) is 24.0 Å². The fourth-order valence-electron chi connectivity index (χ4n) is 3.11. The van der Waals surface area contributed by atoms with Crippen molar-refractivity contribution in [3.63, 3.8) is 0 Å². The molecule has 26 heavy (non-hydrogen) atoms. The quantitative estimate of drug-likeness (QED) is 0.668. The Bertz CT molecular complexity index is 894. The molecule has 1 N–H and O–H groups in total. The van der Waals surface area contributed by atoms with Gasteiger partial charge >= 0.3 is 0 Å². The van der Waals surface area contributed by atoms with E-state index < -0.39 is 0 Å². The molecular weight excluding hydrogens is 328 g/mol. The van der Waals surface area contributed by atoms with E-state index in [0.29, 0.717) is 17.8 Å². The number of Topliss-reactive ketones (excluding diaryl/α,β-unsaturated/α-hetero) is 1. The molecule has 1 atom stereocenters. The number of rotatable bonds is 8. The van der Waals surface area contributed by atoms with Crippen molar-refractivity contribution >= 4 is 28.5 Å². The number of aromatic nitrogens is 5. The smallest absolute Gasteiger partial charge is 0.229 e. The van der Waals surface area contributed by atoms with Crippen molar-refractivity contribution in [3.05, 3.63) is 30.9 Å². The van der Waals surface area contributed by atoms with Crippen LogP contribution in [0, 0.1) is 11.8 Å². The van der Waals surface area contributed by atoms with E-state index in [-0.39, 0.29) is 12.3 Å². The number of carbonyl (C=O) groups is 1. The Kier molecular flexibility index (Phi) is 5.35. The molecule has 0 saturated heterocycles. The first-order valence-electron chi connectivity index (χ1n) is 9.07. The van der Waals surface area contributed by atoms with Gasteiger partial charge in [0.15, 0.2) is 5.78 Å². The molecule has 3 heterocycles. The average molecular weight is 354 g/mol. The molecule has 3 rings (SSSR count). The lowest BCUT2D eigenvalue weighted by Crippen LogP contribution is -2.15. The fourth-order valence-corrected chi connectivity index (χ4v) is 3.11. The maximum atomic E-state index is 11.2. The minimum Gasteiger partial charge on any atom is -0.332 e. The molecule has 0 aliphatic rings. The summed E-state index contributed by atoms with van der Waals surface area (Å²) in [5.74, 6) is 1.83. The number of hydrogen-bond acceptors (Lipinski definition) is 5. The van der Waals surface area contributed by atoms with Gasteiger partial charge in [0.2, 0.25) is 5.95 Å². The van der Waals surface area contributed by atoms with Gasteiger partial charge in [-0.25, -0.2) is 4.98 Å². The third-order valence-electron chi connectivity index (χ3n) is 4.67. The number of carbonyl (C=O) groups excluding carboxylic acids is 1. The zero-order valence-electron chi connectivity index (χ0n) is 15.8. The van der Waals surface area contributed by atoms with Gasteiger partial charge in [0.05, 0.1) is 18.4 Å². The molecular formula is C19H26N6O. The van der Waals surface area contributed by atoms with Crippen LogP contribution in [0.2, 0.25) is 0 Å². The molecule has 0 aliphatic heterocycles. The highest BCUT2D eigenvalue weighted by atomic mass is 16.1. The molecule has 138 valence electrons. The first-order valence-corrected chi connectivity index (χ1v) is 9.07. The number of hydrogen-bond donors (Lipinski definition) is 1. The van der Waals surface area contributed by atoms with E-state index >= 15 is 0 Å². The van der Waals surface area contributed by atoms with Crippen LogP contribution < -0.4 is 5.32 Å². The van der Waals surface area contributed by atoms with Crippen LogP contribution in [-0.4, -0.2) is 30.1 Å². The Labute approximate surface area is 153 Å². The number of ketones is 1.